The fraction of sp³-hybridized carbons (Fsp3) is 0.429. The molecule has 0 aliphatic carbocycles. The van der Waals surface area contributed by atoms with E-state index in [1.807, 2.05) is 21.6 Å². The van der Waals surface area contributed by atoms with Crippen molar-refractivity contribution in [1.29, 1.82) is 0 Å². The Morgan fingerprint density at radius 3 is 2.83 bits per heavy atom. The number of fused-ring (bicyclic) bond motifs is 4. The lowest BCUT2D eigenvalue weighted by molar-refractivity contribution is -0.134. The summed E-state index contributed by atoms with van der Waals surface area (Å²) in [6.07, 6.45) is 4.00. The third-order valence-corrected chi connectivity index (χ3v) is 6.07. The quantitative estimate of drug-likeness (QED) is 0.784. The van der Waals surface area contributed by atoms with Gasteiger partial charge < -0.3 is 14.2 Å². The molecule has 2 fully saturated rings. The van der Waals surface area contributed by atoms with Gasteiger partial charge >= 0.3 is 6.09 Å². The van der Waals surface area contributed by atoms with Crippen molar-refractivity contribution in [2.24, 2.45) is 5.92 Å². The van der Waals surface area contributed by atoms with Crippen LogP contribution < -0.4 is 5.56 Å². The number of carbonyl (C=O) groups is 2. The van der Waals surface area contributed by atoms with Gasteiger partial charge in [0.15, 0.2) is 0 Å². The summed E-state index contributed by atoms with van der Waals surface area (Å²) >= 11 is 0. The average Bonchev–Trinajstić information content (AvgIpc) is 3.13. The van der Waals surface area contributed by atoms with Crippen LogP contribution in [0.25, 0.3) is 11.1 Å². The number of hydrogen-bond donors (Lipinski definition) is 0. The van der Waals surface area contributed by atoms with E-state index in [-0.39, 0.29) is 29.8 Å². The molecule has 2 amide bonds. The number of hydrogen-bond acceptors (Lipinski definition) is 5. The lowest BCUT2D eigenvalue weighted by Gasteiger charge is -2.43. The van der Waals surface area contributed by atoms with Gasteiger partial charge in [-0.25, -0.2) is 4.79 Å². The highest BCUT2D eigenvalue weighted by atomic mass is 16.6. The summed E-state index contributed by atoms with van der Waals surface area (Å²) in [6.45, 7) is 2.65. The van der Waals surface area contributed by atoms with Crippen molar-refractivity contribution >= 4 is 12.0 Å². The third kappa shape index (κ3) is 3.28. The summed E-state index contributed by atoms with van der Waals surface area (Å²) in [6, 6.07) is 7.53. The van der Waals surface area contributed by atoms with E-state index in [4.69, 9.17) is 4.74 Å². The Balaban J connectivity index is 1.40. The predicted molar refractivity (Wildman–Crippen MR) is 104 cm³/mol. The van der Waals surface area contributed by atoms with Crippen LogP contribution in [0.5, 0.6) is 0 Å². The Bertz CT molecular complexity index is 1020. The molecule has 8 nitrogen and oxygen atoms in total. The van der Waals surface area contributed by atoms with Crippen LogP contribution in [0.3, 0.4) is 0 Å². The zero-order chi connectivity index (χ0) is 20.0. The number of piperidine rings is 1. The van der Waals surface area contributed by atoms with Crippen LogP contribution in [-0.2, 0) is 16.1 Å². The van der Waals surface area contributed by atoms with Gasteiger partial charge in [0.2, 0.25) is 5.91 Å². The molecule has 2 aromatic rings. The van der Waals surface area contributed by atoms with Crippen molar-refractivity contribution in [2.75, 3.05) is 32.8 Å². The molecule has 2 bridgehead atoms. The zero-order valence-corrected chi connectivity index (χ0v) is 16.0. The van der Waals surface area contributed by atoms with Gasteiger partial charge in [-0.05, 0) is 30.0 Å². The molecule has 0 radical (unpaired) electrons. The number of ether oxygens (including phenoxy) is 1. The highest BCUT2D eigenvalue weighted by Crippen LogP contribution is 2.36. The van der Waals surface area contributed by atoms with Crippen LogP contribution in [0.15, 0.2) is 41.5 Å². The van der Waals surface area contributed by atoms with Crippen molar-refractivity contribution < 1.29 is 14.3 Å². The van der Waals surface area contributed by atoms with Gasteiger partial charge in [0.05, 0.1) is 6.54 Å². The fourth-order valence-corrected chi connectivity index (χ4v) is 4.70. The highest BCUT2D eigenvalue weighted by molar-refractivity contribution is 5.83. The lowest BCUT2D eigenvalue weighted by atomic mass is 9.82. The third-order valence-electron chi connectivity index (χ3n) is 6.07. The van der Waals surface area contributed by atoms with Gasteiger partial charge in [0.25, 0.3) is 5.56 Å². The number of nitrogens with zero attached hydrogens (tertiary/aromatic N) is 4. The number of pyridine rings is 2. The number of likely N-dealkylation sites (tertiary alicyclic amines) is 1. The smallest absolute Gasteiger partial charge is 0.410 e. The minimum absolute atomic E-state index is 0.00404. The van der Waals surface area contributed by atoms with Crippen molar-refractivity contribution in [3.8, 4) is 11.1 Å². The Hall–Kier alpha value is -3.16. The van der Waals surface area contributed by atoms with E-state index in [0.717, 1.165) is 23.2 Å². The molecule has 0 saturated carbocycles. The molecule has 0 unspecified atom stereocenters. The Morgan fingerprint density at radius 1 is 1.17 bits per heavy atom. The second-order valence-corrected chi connectivity index (χ2v) is 7.99. The summed E-state index contributed by atoms with van der Waals surface area (Å²) in [5.74, 6) is 0.303. The molecule has 29 heavy (non-hydrogen) atoms. The molecule has 2 aromatic heterocycles. The zero-order valence-electron chi connectivity index (χ0n) is 16.0. The van der Waals surface area contributed by atoms with Crippen molar-refractivity contribution in [2.45, 2.75) is 18.9 Å². The largest absolute Gasteiger partial charge is 0.448 e. The van der Waals surface area contributed by atoms with Gasteiger partial charge in [-0.3, -0.25) is 19.5 Å². The second kappa shape index (κ2) is 7.02. The van der Waals surface area contributed by atoms with E-state index >= 15 is 0 Å². The standard InChI is InChI=1S/C21H22N4O4/c26-19-8-16(15-2-1-3-22-9-15)7-18-17-6-14(11-25(18)19)10-24(12-17)20(27)13-23-4-5-29-21(23)28/h1-3,7-9,14,17H,4-6,10-13H2/t14-,17+/m0/s1. The van der Waals surface area contributed by atoms with Gasteiger partial charge in [-0.15, -0.1) is 0 Å². The maximum absolute atomic E-state index is 12.8. The first kappa shape index (κ1) is 17.9. The summed E-state index contributed by atoms with van der Waals surface area (Å²) in [5.41, 5.74) is 2.74. The maximum Gasteiger partial charge on any atom is 0.410 e. The van der Waals surface area contributed by atoms with Gasteiger partial charge in [-0.2, -0.15) is 0 Å². The summed E-state index contributed by atoms with van der Waals surface area (Å²) < 4.78 is 6.78. The first-order valence-electron chi connectivity index (χ1n) is 9.93. The lowest BCUT2D eigenvalue weighted by Crippen LogP contribution is -2.51. The van der Waals surface area contributed by atoms with Crippen LogP contribution in [0, 0.1) is 5.92 Å². The summed E-state index contributed by atoms with van der Waals surface area (Å²) in [4.78, 5) is 44.7. The van der Waals surface area contributed by atoms with E-state index in [1.165, 1.54) is 4.90 Å². The van der Waals surface area contributed by atoms with Gasteiger partial charge in [-0.1, -0.05) is 6.07 Å². The van der Waals surface area contributed by atoms with Crippen LogP contribution in [0.2, 0.25) is 0 Å². The number of cyclic esters (lactones) is 1. The second-order valence-electron chi connectivity index (χ2n) is 7.99. The molecule has 8 heteroatoms. The van der Waals surface area contributed by atoms with Crippen LogP contribution >= 0.6 is 0 Å². The number of carbonyl (C=O) groups excluding carboxylic acids is 2. The van der Waals surface area contributed by atoms with E-state index in [2.05, 4.69) is 11.1 Å². The number of rotatable bonds is 3. The minimum atomic E-state index is -0.423. The summed E-state index contributed by atoms with van der Waals surface area (Å²) in [7, 11) is 0. The molecule has 3 aliphatic heterocycles. The average molecular weight is 394 g/mol. The predicted octanol–water partition coefficient (Wildman–Crippen LogP) is 1.31. The maximum atomic E-state index is 12.8. The van der Waals surface area contributed by atoms with E-state index < -0.39 is 6.09 Å². The molecule has 0 aromatic carbocycles. The normalized spacial score (nSPS) is 23.0. The Morgan fingerprint density at radius 2 is 2.07 bits per heavy atom. The van der Waals surface area contributed by atoms with E-state index in [1.54, 1.807) is 18.5 Å². The minimum Gasteiger partial charge on any atom is -0.448 e. The highest BCUT2D eigenvalue weighted by Gasteiger charge is 2.37. The summed E-state index contributed by atoms with van der Waals surface area (Å²) in [5, 5.41) is 0. The topological polar surface area (TPSA) is 84.7 Å². The molecule has 150 valence electrons. The van der Waals surface area contributed by atoms with Gasteiger partial charge in [0, 0.05) is 55.3 Å². The van der Waals surface area contributed by atoms with Crippen molar-refractivity contribution in [3.05, 3.63) is 52.7 Å². The first-order chi connectivity index (χ1) is 14.1. The Kier molecular flexibility index (Phi) is 4.34. The molecule has 3 aliphatic rings. The number of aromatic nitrogens is 2. The van der Waals surface area contributed by atoms with Crippen molar-refractivity contribution in [1.82, 2.24) is 19.4 Å². The van der Waals surface area contributed by atoms with E-state index in [0.29, 0.717) is 32.8 Å². The number of amides is 2. The molecule has 0 spiro atoms. The molecule has 5 heterocycles. The molecule has 2 atom stereocenters. The molecule has 2 saturated heterocycles. The molecular formula is C21H22N4O4. The van der Waals surface area contributed by atoms with Crippen LogP contribution in [0.4, 0.5) is 4.79 Å². The molecule has 5 rings (SSSR count). The molecular weight excluding hydrogens is 372 g/mol. The van der Waals surface area contributed by atoms with Crippen LogP contribution in [0.1, 0.15) is 18.0 Å². The van der Waals surface area contributed by atoms with Gasteiger partial charge in [0.1, 0.15) is 13.2 Å². The van der Waals surface area contributed by atoms with Crippen LogP contribution in [-0.4, -0.2) is 64.1 Å². The SMILES string of the molecule is O=C(CN1CCOC1=O)N1C[C@@H]2C[C@H](C1)c1cc(-c3cccnc3)cc(=O)n1C2. The molecule has 0 N–H and O–H groups in total. The van der Waals surface area contributed by atoms with Crippen molar-refractivity contribution in [3.63, 3.8) is 0 Å². The fourth-order valence-electron chi connectivity index (χ4n) is 4.70. The monoisotopic (exact) mass is 394 g/mol. The first-order valence-corrected chi connectivity index (χ1v) is 9.93. The van der Waals surface area contributed by atoms with E-state index in [9.17, 15) is 14.4 Å². The Labute approximate surface area is 167 Å².